The summed E-state index contributed by atoms with van der Waals surface area (Å²) in [5, 5.41) is 0.0353. The van der Waals surface area contributed by atoms with E-state index in [1.807, 2.05) is 0 Å². The largest absolute Gasteiger partial charge is 0.422 e. The minimum atomic E-state index is -4.53. The maximum atomic E-state index is 12.4. The summed E-state index contributed by atoms with van der Waals surface area (Å²) in [5.74, 6) is 0. The average Bonchev–Trinajstić information content (AvgIpc) is 2.38. The van der Waals surface area contributed by atoms with Gasteiger partial charge in [-0.05, 0) is 30.3 Å². The summed E-state index contributed by atoms with van der Waals surface area (Å²) in [4.78, 5) is 2.10. The van der Waals surface area contributed by atoms with E-state index in [-0.39, 0.29) is 9.92 Å². The van der Waals surface area contributed by atoms with Gasteiger partial charge in [-0.2, -0.15) is 13.2 Å². The number of sulfone groups is 1. The maximum absolute atomic E-state index is 12.4. The number of H-pyrrole nitrogens is 1. The van der Waals surface area contributed by atoms with Crippen molar-refractivity contribution >= 4 is 21.4 Å². The predicted molar refractivity (Wildman–Crippen MR) is 64.9 cm³/mol. The van der Waals surface area contributed by atoms with E-state index in [0.29, 0.717) is 17.3 Å². The molecule has 0 aliphatic heterocycles. The lowest BCUT2D eigenvalue weighted by molar-refractivity contribution is -0.430. The van der Waals surface area contributed by atoms with Gasteiger partial charge in [-0.3, -0.25) is 0 Å². The van der Waals surface area contributed by atoms with Crippen LogP contribution >= 0.6 is 11.6 Å². The summed E-state index contributed by atoms with van der Waals surface area (Å²) in [7, 11) is -3.90. The molecule has 1 N–H and O–H groups in total. The molecule has 3 nitrogen and oxygen atoms in total. The number of aromatic amines is 1. The van der Waals surface area contributed by atoms with Gasteiger partial charge in [0.15, 0.2) is 6.20 Å². The molecule has 0 amide bonds. The minimum Gasteiger partial charge on any atom is -0.212 e. The third kappa shape index (κ3) is 2.94. The van der Waals surface area contributed by atoms with Crippen LogP contribution in [-0.4, -0.2) is 8.42 Å². The molecule has 0 aliphatic carbocycles. The van der Waals surface area contributed by atoms with Crippen molar-refractivity contribution in [3.8, 4) is 0 Å². The summed E-state index contributed by atoms with van der Waals surface area (Å²) >= 11 is 5.65. The molecule has 0 aliphatic rings. The Morgan fingerprint density at radius 3 is 2.05 bits per heavy atom. The zero-order chi connectivity index (χ0) is 15.0. The Hall–Kier alpha value is -1.60. The predicted octanol–water partition coefficient (Wildman–Crippen LogP) is 3.01. The lowest BCUT2D eigenvalue weighted by atomic mass is 10.3. The van der Waals surface area contributed by atoms with Gasteiger partial charge >= 0.3 is 11.2 Å². The van der Waals surface area contributed by atoms with E-state index in [4.69, 9.17) is 11.6 Å². The zero-order valence-corrected chi connectivity index (χ0v) is 11.4. The molecule has 0 atom stereocenters. The molecule has 0 bridgehead atoms. The number of rotatable bonds is 2. The van der Waals surface area contributed by atoms with E-state index in [1.54, 1.807) is 0 Å². The number of aromatic nitrogens is 1. The standard InChI is InChI=1S/C12H7ClF3NO2S/c13-9-2-4-10(5-3-9)20(18,19)11-6-1-8(7-17-11)12(14,15)16/h1-7H/p+1. The van der Waals surface area contributed by atoms with E-state index < -0.39 is 21.6 Å². The van der Waals surface area contributed by atoms with Gasteiger partial charge < -0.3 is 0 Å². The Kier molecular flexibility index (Phi) is 3.75. The molecule has 1 heterocycles. The van der Waals surface area contributed by atoms with E-state index in [0.717, 1.165) is 6.07 Å². The van der Waals surface area contributed by atoms with E-state index in [1.165, 1.54) is 24.3 Å². The second kappa shape index (κ2) is 5.06. The van der Waals surface area contributed by atoms with Gasteiger partial charge in [0.2, 0.25) is 0 Å². The van der Waals surface area contributed by atoms with Crippen molar-refractivity contribution < 1.29 is 26.6 Å². The van der Waals surface area contributed by atoms with E-state index >= 15 is 0 Å². The summed E-state index contributed by atoms with van der Waals surface area (Å²) in [6.07, 6.45) is -3.91. The van der Waals surface area contributed by atoms with Crippen molar-refractivity contribution in [2.45, 2.75) is 16.1 Å². The van der Waals surface area contributed by atoms with Crippen LogP contribution in [0.3, 0.4) is 0 Å². The fourth-order valence-electron chi connectivity index (χ4n) is 1.49. The van der Waals surface area contributed by atoms with Crippen LogP contribution in [0.15, 0.2) is 52.5 Å². The van der Waals surface area contributed by atoms with Crippen LogP contribution in [0.5, 0.6) is 0 Å². The molecule has 106 valence electrons. The van der Waals surface area contributed by atoms with Crippen LogP contribution in [0, 0.1) is 0 Å². The highest BCUT2D eigenvalue weighted by Crippen LogP contribution is 2.28. The molecule has 1 aromatic heterocycles. The van der Waals surface area contributed by atoms with Gasteiger partial charge in [-0.1, -0.05) is 11.6 Å². The minimum absolute atomic E-state index is 0.0575. The van der Waals surface area contributed by atoms with E-state index in [9.17, 15) is 21.6 Å². The van der Waals surface area contributed by atoms with Crippen molar-refractivity contribution in [3.05, 3.63) is 53.2 Å². The highest BCUT2D eigenvalue weighted by molar-refractivity contribution is 7.91. The number of pyridine rings is 1. The first-order chi connectivity index (χ1) is 9.21. The molecule has 0 radical (unpaired) electrons. The molecule has 0 saturated heterocycles. The summed E-state index contributed by atoms with van der Waals surface area (Å²) in [6, 6.07) is 6.93. The quantitative estimate of drug-likeness (QED) is 0.853. The fourth-order valence-corrected chi connectivity index (χ4v) is 2.83. The first kappa shape index (κ1) is 14.8. The number of hydrogen-bond donors (Lipinski definition) is 0. The second-order valence-electron chi connectivity index (χ2n) is 3.90. The Balaban J connectivity index is 2.42. The Morgan fingerprint density at radius 1 is 1.00 bits per heavy atom. The lowest BCUT2D eigenvalue weighted by Crippen LogP contribution is -2.19. The maximum Gasteiger partial charge on any atom is 0.422 e. The highest BCUT2D eigenvalue weighted by atomic mass is 35.5. The SMILES string of the molecule is O=S(=O)(c1ccc(Cl)cc1)c1ccc(C(F)(F)F)c[nH+]1. The number of benzene rings is 1. The van der Waals surface area contributed by atoms with Gasteiger partial charge in [0.05, 0.1) is 4.90 Å². The molecule has 0 spiro atoms. The smallest absolute Gasteiger partial charge is 0.212 e. The van der Waals surface area contributed by atoms with Crippen LogP contribution < -0.4 is 4.98 Å². The number of hydrogen-bond acceptors (Lipinski definition) is 2. The van der Waals surface area contributed by atoms with Crippen molar-refractivity contribution in [2.24, 2.45) is 0 Å². The third-order valence-electron chi connectivity index (χ3n) is 2.52. The monoisotopic (exact) mass is 322 g/mol. The van der Waals surface area contributed by atoms with Gasteiger partial charge in [0.25, 0.3) is 9.84 Å². The summed E-state index contributed by atoms with van der Waals surface area (Å²) < 4.78 is 61.5. The molecule has 0 fully saturated rings. The molecule has 0 unspecified atom stereocenters. The van der Waals surface area contributed by atoms with Gasteiger partial charge in [-0.15, -0.1) is 0 Å². The van der Waals surface area contributed by atoms with Crippen LogP contribution in [0.1, 0.15) is 5.56 Å². The number of halogens is 4. The van der Waals surface area contributed by atoms with Crippen LogP contribution in [-0.2, 0) is 16.0 Å². The van der Waals surface area contributed by atoms with E-state index in [2.05, 4.69) is 4.98 Å². The summed E-state index contributed by atoms with van der Waals surface area (Å²) in [6.45, 7) is 0. The van der Waals surface area contributed by atoms with Crippen molar-refractivity contribution in [1.29, 1.82) is 0 Å². The number of nitrogens with one attached hydrogen (secondary N) is 1. The Morgan fingerprint density at radius 2 is 1.60 bits per heavy atom. The molecule has 8 heteroatoms. The molecule has 2 rings (SSSR count). The van der Waals surface area contributed by atoms with Crippen LogP contribution in [0.25, 0.3) is 0 Å². The van der Waals surface area contributed by atoms with Crippen molar-refractivity contribution in [1.82, 2.24) is 0 Å². The van der Waals surface area contributed by atoms with Gasteiger partial charge in [0.1, 0.15) is 5.56 Å². The van der Waals surface area contributed by atoms with Crippen molar-refractivity contribution in [3.63, 3.8) is 0 Å². The fraction of sp³-hybridized carbons (Fsp3) is 0.0833. The first-order valence-electron chi connectivity index (χ1n) is 5.31. The highest BCUT2D eigenvalue weighted by Gasteiger charge is 2.34. The second-order valence-corrected chi connectivity index (χ2v) is 6.25. The zero-order valence-electron chi connectivity index (χ0n) is 9.78. The average molecular weight is 323 g/mol. The summed E-state index contributed by atoms with van der Waals surface area (Å²) in [5.41, 5.74) is -0.951. The Labute approximate surface area is 117 Å². The van der Waals surface area contributed by atoms with Gasteiger partial charge in [-0.25, -0.2) is 13.4 Å². The topological polar surface area (TPSA) is 48.3 Å². The molecule has 20 heavy (non-hydrogen) atoms. The Bertz CT molecular complexity index is 710. The molecular weight excluding hydrogens is 315 g/mol. The van der Waals surface area contributed by atoms with Gasteiger partial charge in [0, 0.05) is 11.1 Å². The molecular formula is C12H8ClF3NO2S+. The first-order valence-corrected chi connectivity index (χ1v) is 7.17. The molecule has 2 aromatic rings. The normalized spacial score (nSPS) is 12.4. The molecule has 1 aromatic carbocycles. The lowest BCUT2D eigenvalue weighted by Gasteiger charge is -2.04. The van der Waals surface area contributed by atoms with Crippen LogP contribution in [0.4, 0.5) is 13.2 Å². The van der Waals surface area contributed by atoms with Crippen LogP contribution in [0.2, 0.25) is 5.02 Å². The third-order valence-corrected chi connectivity index (χ3v) is 4.50. The van der Waals surface area contributed by atoms with Crippen molar-refractivity contribution in [2.75, 3.05) is 0 Å². The molecule has 0 saturated carbocycles. The number of alkyl halides is 3.